The first-order valence-corrected chi connectivity index (χ1v) is 3.25. The van der Waals surface area contributed by atoms with Crippen molar-refractivity contribution in [1.29, 1.82) is 0 Å². The molecule has 0 aliphatic carbocycles. The number of alkyl halides is 1. The van der Waals surface area contributed by atoms with Crippen molar-refractivity contribution in [3.05, 3.63) is 0 Å². The van der Waals surface area contributed by atoms with E-state index >= 15 is 0 Å². The summed E-state index contributed by atoms with van der Waals surface area (Å²) in [5.41, 5.74) is 0. The zero-order valence-corrected chi connectivity index (χ0v) is 6.45. The molecule has 0 aliphatic heterocycles. The molecule has 0 aromatic carbocycles. The van der Waals surface area contributed by atoms with Gasteiger partial charge in [0.15, 0.2) is 0 Å². The monoisotopic (exact) mass is 194 g/mol. The highest BCUT2D eigenvalue weighted by molar-refractivity contribution is 6.22. The molecule has 0 bridgehead atoms. The molecule has 11 heavy (non-hydrogen) atoms. The average molecular weight is 195 g/mol. The minimum Gasteiger partial charge on any atom is -0.0980 e. The first kappa shape index (κ1) is 10.9. The molecule has 0 aliphatic rings. The lowest BCUT2D eigenvalue weighted by Crippen LogP contribution is -2.42. The van der Waals surface area contributed by atoms with Crippen LogP contribution in [0.15, 0.2) is 0 Å². The molecule has 0 rings (SSSR count). The summed E-state index contributed by atoms with van der Waals surface area (Å²) in [6.07, 6.45) is -0.382. The van der Waals surface area contributed by atoms with Crippen LogP contribution in [0, 0.1) is 0 Å². The van der Waals surface area contributed by atoms with Crippen molar-refractivity contribution in [1.82, 2.24) is 10.7 Å². The van der Waals surface area contributed by atoms with Gasteiger partial charge in [-0.2, -0.15) is 0 Å². The van der Waals surface area contributed by atoms with Gasteiger partial charge in [-0.05, 0) is 0 Å². The molecule has 68 valence electrons. The van der Waals surface area contributed by atoms with Gasteiger partial charge in [0.1, 0.15) is 0 Å². The second kappa shape index (κ2) is 4.08. The van der Waals surface area contributed by atoms with Crippen LogP contribution < -0.4 is 0 Å². The molecule has 0 fully saturated rings. The van der Waals surface area contributed by atoms with E-state index in [0.29, 0.717) is 0 Å². The zero-order valence-electron chi connectivity index (χ0n) is 5.70. The van der Waals surface area contributed by atoms with Gasteiger partial charge in [-0.15, -0.1) is 0 Å². The molecule has 2 nitrogen and oxygen atoms in total. The first-order chi connectivity index (χ1) is 4.95. The summed E-state index contributed by atoms with van der Waals surface area (Å²) in [4.78, 5) is 0. The Morgan fingerprint density at radius 1 is 1.18 bits per heavy atom. The number of rotatable bonds is 4. The molecule has 0 amide bonds. The molecule has 0 aromatic heterocycles. The van der Waals surface area contributed by atoms with Gasteiger partial charge in [-0.3, -0.25) is 0 Å². The van der Waals surface area contributed by atoms with Crippen LogP contribution in [-0.4, -0.2) is 15.8 Å². The molecule has 0 spiro atoms. The Morgan fingerprint density at radius 2 is 1.55 bits per heavy atom. The third-order valence-corrected chi connectivity index (χ3v) is 1.53. The van der Waals surface area contributed by atoms with Gasteiger partial charge in [-0.25, -0.2) is 0 Å². The van der Waals surface area contributed by atoms with Crippen LogP contribution in [0.1, 0.15) is 19.8 Å². The summed E-state index contributed by atoms with van der Waals surface area (Å²) in [7, 11) is 0. The van der Waals surface area contributed by atoms with Crippen molar-refractivity contribution in [2.24, 2.45) is 0 Å². The maximum absolute atomic E-state index is 11.7. The minimum atomic E-state index is -2.98. The summed E-state index contributed by atoms with van der Waals surface area (Å²) >= 11 is 4.86. The van der Waals surface area contributed by atoms with E-state index in [1.54, 1.807) is 0 Å². The molecule has 0 unspecified atom stereocenters. The van der Waals surface area contributed by atoms with E-state index < -0.39 is 22.2 Å². The van der Waals surface area contributed by atoms with Gasteiger partial charge in [-0.1, -0.05) is 42.9 Å². The standard InChI is InChI=1S/C4H7ClF4N2/c1-2-3-4(5,10(6)7)11(8)9/h2-3H2,1H3. The number of halogens is 5. The topological polar surface area (TPSA) is 6.48 Å². The normalized spacial score (nSPS) is 13.1. The van der Waals surface area contributed by atoms with Crippen LogP contribution in [-0.2, 0) is 0 Å². The maximum Gasteiger partial charge on any atom is 0.268 e. The van der Waals surface area contributed by atoms with Crippen LogP contribution in [0.5, 0.6) is 0 Å². The number of nitrogens with zero attached hydrogens (tertiary/aromatic N) is 2. The Balaban J connectivity index is 4.26. The lowest BCUT2D eigenvalue weighted by Gasteiger charge is -2.24. The Kier molecular flexibility index (Phi) is 4.05. The molecular formula is C4H7ClF4N2. The van der Waals surface area contributed by atoms with Gasteiger partial charge < -0.3 is 0 Å². The zero-order chi connectivity index (χ0) is 9.07. The lowest BCUT2D eigenvalue weighted by molar-refractivity contribution is -0.340. The molecule has 0 heterocycles. The average Bonchev–Trinajstić information content (AvgIpc) is 1.87. The van der Waals surface area contributed by atoms with Crippen molar-refractivity contribution < 1.29 is 17.9 Å². The quantitative estimate of drug-likeness (QED) is 0.223. The Bertz CT molecular complexity index is 113. The third kappa shape index (κ3) is 2.46. The smallest absolute Gasteiger partial charge is 0.0980 e. The van der Waals surface area contributed by atoms with Crippen molar-refractivity contribution in [2.45, 2.75) is 24.9 Å². The van der Waals surface area contributed by atoms with Gasteiger partial charge in [0.05, 0.1) is 10.7 Å². The molecule has 7 heteroatoms. The fourth-order valence-electron chi connectivity index (χ4n) is 0.544. The second-order valence-electron chi connectivity index (χ2n) is 1.93. The highest BCUT2D eigenvalue weighted by Crippen LogP contribution is 2.32. The van der Waals surface area contributed by atoms with E-state index in [4.69, 9.17) is 11.6 Å². The largest absolute Gasteiger partial charge is 0.268 e. The highest BCUT2D eigenvalue weighted by atomic mass is 35.5. The summed E-state index contributed by atoms with van der Waals surface area (Å²) < 4.78 is 46.8. The van der Waals surface area contributed by atoms with E-state index in [1.807, 2.05) is 0 Å². The molecule has 0 radical (unpaired) electrons. The van der Waals surface area contributed by atoms with E-state index in [9.17, 15) is 17.9 Å². The molecule has 0 saturated heterocycles. The first-order valence-electron chi connectivity index (χ1n) is 2.87. The van der Waals surface area contributed by atoms with Crippen LogP contribution >= 0.6 is 11.6 Å². The molecule has 0 atom stereocenters. The van der Waals surface area contributed by atoms with E-state index in [-0.39, 0.29) is 6.42 Å². The Morgan fingerprint density at radius 3 is 1.64 bits per heavy atom. The predicted octanol–water partition coefficient (Wildman–Crippen LogP) is 2.82. The van der Waals surface area contributed by atoms with Crippen molar-refractivity contribution in [2.75, 3.05) is 0 Å². The fourth-order valence-corrected chi connectivity index (χ4v) is 0.733. The van der Waals surface area contributed by atoms with Crippen LogP contribution in [0.25, 0.3) is 0 Å². The third-order valence-electron chi connectivity index (χ3n) is 1.09. The lowest BCUT2D eigenvalue weighted by atomic mass is 10.3. The predicted molar refractivity (Wildman–Crippen MR) is 31.6 cm³/mol. The summed E-state index contributed by atoms with van der Waals surface area (Å²) in [6, 6.07) is 0. The maximum atomic E-state index is 11.7. The highest BCUT2D eigenvalue weighted by Gasteiger charge is 2.44. The minimum absolute atomic E-state index is 0.137. The van der Waals surface area contributed by atoms with Gasteiger partial charge in [0.25, 0.3) is 5.12 Å². The number of hydrogen-bond acceptors (Lipinski definition) is 2. The van der Waals surface area contributed by atoms with Crippen molar-refractivity contribution in [3.8, 4) is 0 Å². The van der Waals surface area contributed by atoms with E-state index in [0.717, 1.165) is 0 Å². The summed E-state index contributed by atoms with van der Waals surface area (Å²) in [5.74, 6) is 0. The second-order valence-corrected chi connectivity index (χ2v) is 2.54. The van der Waals surface area contributed by atoms with Crippen LogP contribution in [0.4, 0.5) is 17.9 Å². The molecular weight excluding hydrogens is 188 g/mol. The fraction of sp³-hybridized carbons (Fsp3) is 1.00. The molecule has 0 saturated carbocycles. The molecule has 0 aromatic rings. The van der Waals surface area contributed by atoms with Crippen LogP contribution in [0.3, 0.4) is 0 Å². The van der Waals surface area contributed by atoms with Gasteiger partial charge >= 0.3 is 0 Å². The van der Waals surface area contributed by atoms with Crippen molar-refractivity contribution >= 4 is 11.6 Å². The van der Waals surface area contributed by atoms with Crippen LogP contribution in [0.2, 0.25) is 0 Å². The van der Waals surface area contributed by atoms with Gasteiger partial charge in [0, 0.05) is 6.42 Å². The van der Waals surface area contributed by atoms with Crippen molar-refractivity contribution in [3.63, 3.8) is 0 Å². The SMILES string of the molecule is CCCC(Cl)(N(F)F)N(F)F. The van der Waals surface area contributed by atoms with E-state index in [1.165, 1.54) is 6.92 Å². The summed E-state index contributed by atoms with van der Waals surface area (Å²) in [6.45, 7) is 1.48. The van der Waals surface area contributed by atoms with Gasteiger partial charge in [0.2, 0.25) is 0 Å². The number of hydrogen-bond donors (Lipinski definition) is 0. The Labute approximate surface area is 66.1 Å². The summed E-state index contributed by atoms with van der Waals surface area (Å²) in [5, 5.41) is -6.40. The Hall–Kier alpha value is -0.0700. The molecule has 0 N–H and O–H groups in total. The van der Waals surface area contributed by atoms with E-state index in [2.05, 4.69) is 0 Å².